The van der Waals surface area contributed by atoms with E-state index in [9.17, 15) is 19.2 Å². The summed E-state index contributed by atoms with van der Waals surface area (Å²) in [6, 6.07) is 7.36. The molecule has 0 aliphatic rings. The number of hydrogen-bond donors (Lipinski definition) is 4. The highest BCUT2D eigenvalue weighted by atomic mass is 16.5. The van der Waals surface area contributed by atoms with Crippen molar-refractivity contribution in [2.45, 2.75) is 46.4 Å². The number of nitrogens with one attached hydrogen (secondary N) is 3. The van der Waals surface area contributed by atoms with Gasteiger partial charge in [-0.1, -0.05) is 58.0 Å². The SMILES string of the molecule is CC(C)[C@H](NC(=O)OCc1ccccc1)C(=O)N[C@H](C(=O)NCC(N)=O)C(C)C. The normalized spacial score (nSPS) is 12.8. The minimum Gasteiger partial charge on any atom is -0.445 e. The molecule has 9 heteroatoms. The maximum absolute atomic E-state index is 12.7. The zero-order chi connectivity index (χ0) is 22.0. The first kappa shape index (κ1) is 23.9. The van der Waals surface area contributed by atoms with Crippen LogP contribution in [-0.2, 0) is 25.7 Å². The lowest BCUT2D eigenvalue weighted by Gasteiger charge is -2.26. The number of carbonyl (C=O) groups is 4. The number of primary amides is 1. The van der Waals surface area contributed by atoms with E-state index in [-0.39, 0.29) is 25.0 Å². The molecule has 29 heavy (non-hydrogen) atoms. The lowest BCUT2D eigenvalue weighted by atomic mass is 10.00. The predicted octanol–water partition coefficient (Wildman–Crippen LogP) is 0.680. The van der Waals surface area contributed by atoms with Gasteiger partial charge in [0.05, 0.1) is 6.54 Å². The maximum Gasteiger partial charge on any atom is 0.408 e. The zero-order valence-corrected chi connectivity index (χ0v) is 17.2. The van der Waals surface area contributed by atoms with E-state index in [4.69, 9.17) is 10.5 Å². The molecule has 0 aliphatic carbocycles. The summed E-state index contributed by atoms with van der Waals surface area (Å²) in [6.45, 7) is 6.78. The molecule has 0 unspecified atom stereocenters. The fourth-order valence-corrected chi connectivity index (χ4v) is 2.49. The van der Waals surface area contributed by atoms with E-state index >= 15 is 0 Å². The van der Waals surface area contributed by atoms with Crippen LogP contribution in [0.5, 0.6) is 0 Å². The number of benzene rings is 1. The summed E-state index contributed by atoms with van der Waals surface area (Å²) in [4.78, 5) is 47.9. The number of alkyl carbamates (subject to hydrolysis) is 1. The van der Waals surface area contributed by atoms with Crippen molar-refractivity contribution in [2.75, 3.05) is 6.54 Å². The smallest absolute Gasteiger partial charge is 0.408 e. The third kappa shape index (κ3) is 8.63. The molecule has 0 saturated carbocycles. The first-order valence-electron chi connectivity index (χ1n) is 9.45. The lowest BCUT2D eigenvalue weighted by Crippen LogP contribution is -2.57. The van der Waals surface area contributed by atoms with Crippen LogP contribution in [0.2, 0.25) is 0 Å². The molecule has 1 rings (SSSR count). The Morgan fingerprint density at radius 3 is 1.97 bits per heavy atom. The van der Waals surface area contributed by atoms with E-state index in [0.29, 0.717) is 0 Å². The molecule has 0 aromatic heterocycles. The molecular weight excluding hydrogens is 376 g/mol. The van der Waals surface area contributed by atoms with Gasteiger partial charge in [0.25, 0.3) is 0 Å². The van der Waals surface area contributed by atoms with E-state index in [0.717, 1.165) is 5.56 Å². The number of nitrogens with two attached hydrogens (primary N) is 1. The van der Waals surface area contributed by atoms with Crippen LogP contribution in [0.1, 0.15) is 33.3 Å². The van der Waals surface area contributed by atoms with Gasteiger partial charge in [-0.3, -0.25) is 14.4 Å². The average molecular weight is 406 g/mol. The van der Waals surface area contributed by atoms with Crippen LogP contribution in [0.15, 0.2) is 30.3 Å². The molecule has 2 atom stereocenters. The molecule has 1 aromatic carbocycles. The maximum atomic E-state index is 12.7. The van der Waals surface area contributed by atoms with E-state index < -0.39 is 35.9 Å². The second-order valence-corrected chi connectivity index (χ2v) is 7.34. The van der Waals surface area contributed by atoms with Gasteiger partial charge >= 0.3 is 6.09 Å². The average Bonchev–Trinajstić information content (AvgIpc) is 2.66. The minimum atomic E-state index is -0.900. The summed E-state index contributed by atoms with van der Waals surface area (Å²) in [5, 5.41) is 7.54. The van der Waals surface area contributed by atoms with Crippen LogP contribution < -0.4 is 21.7 Å². The standard InChI is InChI=1S/C20H30N4O5/c1-12(2)16(18(26)22-10-15(21)25)23-19(27)17(13(3)4)24-20(28)29-11-14-8-6-5-7-9-14/h5-9,12-13,16-17H,10-11H2,1-4H3,(H2,21,25)(H,22,26)(H,23,27)(H,24,28)/t16-,17-/m0/s1. The molecule has 9 nitrogen and oxygen atoms in total. The Morgan fingerprint density at radius 2 is 1.45 bits per heavy atom. The van der Waals surface area contributed by atoms with Crippen LogP contribution in [0.25, 0.3) is 0 Å². The fraction of sp³-hybridized carbons (Fsp3) is 0.500. The van der Waals surface area contributed by atoms with Gasteiger partial charge in [-0.2, -0.15) is 0 Å². The highest BCUT2D eigenvalue weighted by Gasteiger charge is 2.30. The summed E-state index contributed by atoms with van der Waals surface area (Å²) in [5.74, 6) is -2.23. The Kier molecular flexibility index (Phi) is 9.64. The molecule has 0 fully saturated rings. The first-order chi connectivity index (χ1) is 13.6. The van der Waals surface area contributed by atoms with Crippen LogP contribution in [-0.4, -0.2) is 42.4 Å². The van der Waals surface area contributed by atoms with Gasteiger partial charge in [0.1, 0.15) is 18.7 Å². The molecule has 0 bridgehead atoms. The van der Waals surface area contributed by atoms with Gasteiger partial charge in [0, 0.05) is 0 Å². The van der Waals surface area contributed by atoms with Gasteiger partial charge in [-0.05, 0) is 17.4 Å². The summed E-state index contributed by atoms with van der Waals surface area (Å²) < 4.78 is 5.16. The van der Waals surface area contributed by atoms with Crippen molar-refractivity contribution in [3.63, 3.8) is 0 Å². The second kappa shape index (κ2) is 11.7. The molecule has 1 aromatic rings. The van der Waals surface area contributed by atoms with Crippen LogP contribution in [0, 0.1) is 11.8 Å². The molecule has 0 heterocycles. The largest absolute Gasteiger partial charge is 0.445 e. The van der Waals surface area contributed by atoms with Gasteiger partial charge in [0.2, 0.25) is 17.7 Å². The summed E-state index contributed by atoms with van der Waals surface area (Å²) in [6.07, 6.45) is -0.734. The molecule has 4 amide bonds. The van der Waals surface area contributed by atoms with Crippen LogP contribution >= 0.6 is 0 Å². The Morgan fingerprint density at radius 1 is 0.897 bits per heavy atom. The van der Waals surface area contributed by atoms with Crippen molar-refractivity contribution < 1.29 is 23.9 Å². The number of carbonyl (C=O) groups excluding carboxylic acids is 4. The van der Waals surface area contributed by atoms with Crippen LogP contribution in [0.3, 0.4) is 0 Å². The molecule has 0 saturated heterocycles. The topological polar surface area (TPSA) is 140 Å². The zero-order valence-electron chi connectivity index (χ0n) is 17.2. The van der Waals surface area contributed by atoms with Gasteiger partial charge in [-0.15, -0.1) is 0 Å². The van der Waals surface area contributed by atoms with Crippen LogP contribution in [0.4, 0.5) is 4.79 Å². The van der Waals surface area contributed by atoms with E-state index in [1.165, 1.54) is 0 Å². The summed E-state index contributed by atoms with van der Waals surface area (Å²) >= 11 is 0. The van der Waals surface area contributed by atoms with Crippen molar-refractivity contribution in [3.8, 4) is 0 Å². The van der Waals surface area contributed by atoms with E-state index in [2.05, 4.69) is 16.0 Å². The Bertz CT molecular complexity index is 706. The monoisotopic (exact) mass is 406 g/mol. The first-order valence-corrected chi connectivity index (χ1v) is 9.45. The second-order valence-electron chi connectivity index (χ2n) is 7.34. The number of hydrogen-bond acceptors (Lipinski definition) is 5. The number of rotatable bonds is 10. The fourth-order valence-electron chi connectivity index (χ4n) is 2.49. The third-order valence-corrected chi connectivity index (χ3v) is 4.12. The van der Waals surface area contributed by atoms with Gasteiger partial charge in [-0.25, -0.2) is 4.79 Å². The van der Waals surface area contributed by atoms with Crippen molar-refractivity contribution in [1.82, 2.24) is 16.0 Å². The van der Waals surface area contributed by atoms with Crippen molar-refractivity contribution in [1.29, 1.82) is 0 Å². The molecular formula is C20H30N4O5. The molecule has 0 spiro atoms. The lowest BCUT2D eigenvalue weighted by molar-refractivity contribution is -0.132. The minimum absolute atomic E-state index is 0.0727. The quantitative estimate of drug-likeness (QED) is 0.452. The van der Waals surface area contributed by atoms with E-state index in [1.807, 2.05) is 30.3 Å². The third-order valence-electron chi connectivity index (χ3n) is 4.12. The Balaban J connectivity index is 2.70. The number of amides is 4. The predicted molar refractivity (Wildman–Crippen MR) is 107 cm³/mol. The van der Waals surface area contributed by atoms with Gasteiger partial charge in [0.15, 0.2) is 0 Å². The highest BCUT2D eigenvalue weighted by molar-refractivity contribution is 5.92. The van der Waals surface area contributed by atoms with E-state index in [1.54, 1.807) is 27.7 Å². The van der Waals surface area contributed by atoms with Crippen molar-refractivity contribution >= 4 is 23.8 Å². The molecule has 160 valence electrons. The Labute approximate surface area is 170 Å². The molecule has 0 aliphatic heterocycles. The molecule has 0 radical (unpaired) electrons. The number of ether oxygens (including phenoxy) is 1. The van der Waals surface area contributed by atoms with Crippen molar-refractivity contribution in [3.05, 3.63) is 35.9 Å². The van der Waals surface area contributed by atoms with Gasteiger partial charge < -0.3 is 26.4 Å². The van der Waals surface area contributed by atoms with Crippen molar-refractivity contribution in [2.24, 2.45) is 17.6 Å². The Hall–Kier alpha value is -3.10. The summed E-state index contributed by atoms with van der Waals surface area (Å²) in [5.41, 5.74) is 5.85. The molecule has 5 N–H and O–H groups in total. The summed E-state index contributed by atoms with van der Waals surface area (Å²) in [7, 11) is 0. The highest BCUT2D eigenvalue weighted by Crippen LogP contribution is 2.08.